The number of nitrogens with zero attached hydrogens (tertiary/aromatic N) is 1. The lowest BCUT2D eigenvalue weighted by atomic mass is 10.2. The van der Waals surface area contributed by atoms with Gasteiger partial charge in [-0.1, -0.05) is 6.92 Å². The molecule has 0 spiro atoms. The number of benzene rings is 1. The summed E-state index contributed by atoms with van der Waals surface area (Å²) in [6.45, 7) is 3.60. The van der Waals surface area contributed by atoms with E-state index in [-0.39, 0.29) is 5.91 Å². The predicted molar refractivity (Wildman–Crippen MR) is 57.9 cm³/mol. The first-order chi connectivity index (χ1) is 7.17. The third-order valence-corrected chi connectivity index (χ3v) is 1.97. The molecule has 0 aliphatic rings. The van der Waals surface area contributed by atoms with E-state index in [2.05, 4.69) is 10.3 Å². The molecule has 15 heavy (non-hydrogen) atoms. The molecule has 0 saturated heterocycles. The molecule has 1 N–H and O–H groups in total. The first-order valence-electron chi connectivity index (χ1n) is 4.65. The van der Waals surface area contributed by atoms with E-state index in [4.69, 9.17) is 0 Å². The summed E-state index contributed by atoms with van der Waals surface area (Å²) in [6, 6.07) is 5.14. The quantitative estimate of drug-likeness (QED) is 0.606. The van der Waals surface area contributed by atoms with Crippen molar-refractivity contribution in [2.45, 2.75) is 20.3 Å². The Hall–Kier alpha value is -1.93. The van der Waals surface area contributed by atoms with Crippen LogP contribution in [-0.4, -0.2) is 12.0 Å². The van der Waals surface area contributed by atoms with Gasteiger partial charge in [-0.2, -0.15) is 4.99 Å². The van der Waals surface area contributed by atoms with Gasteiger partial charge in [-0.15, -0.1) is 0 Å². The van der Waals surface area contributed by atoms with E-state index in [1.54, 1.807) is 25.1 Å². The van der Waals surface area contributed by atoms with Crippen molar-refractivity contribution in [2.75, 3.05) is 5.32 Å². The van der Waals surface area contributed by atoms with Crippen LogP contribution in [0.1, 0.15) is 18.9 Å². The number of anilines is 1. The maximum atomic E-state index is 11.1. The van der Waals surface area contributed by atoms with Crippen LogP contribution in [0.25, 0.3) is 0 Å². The van der Waals surface area contributed by atoms with Crippen LogP contribution in [0.15, 0.2) is 23.2 Å². The number of nitrogens with one attached hydrogen (secondary N) is 1. The van der Waals surface area contributed by atoms with Gasteiger partial charge in [-0.05, 0) is 30.7 Å². The molecule has 0 fully saturated rings. The first-order valence-corrected chi connectivity index (χ1v) is 4.65. The van der Waals surface area contributed by atoms with Crippen LogP contribution in [0.5, 0.6) is 0 Å². The zero-order chi connectivity index (χ0) is 11.3. The summed E-state index contributed by atoms with van der Waals surface area (Å²) in [5.41, 5.74) is 2.11. The lowest BCUT2D eigenvalue weighted by Crippen LogP contribution is -2.09. The predicted octanol–water partition coefficient (Wildman–Crippen LogP) is 2.31. The molecule has 4 heteroatoms. The van der Waals surface area contributed by atoms with Crippen molar-refractivity contribution >= 4 is 23.4 Å². The number of hydrogen-bond acceptors (Lipinski definition) is 3. The van der Waals surface area contributed by atoms with Crippen molar-refractivity contribution in [3.8, 4) is 0 Å². The first kappa shape index (κ1) is 11.1. The molecule has 1 amide bonds. The maximum Gasteiger partial charge on any atom is 0.240 e. The summed E-state index contributed by atoms with van der Waals surface area (Å²) < 4.78 is 0. The second kappa shape index (κ2) is 5.08. The molecule has 0 aromatic heterocycles. The number of amides is 1. The molecule has 0 aliphatic carbocycles. The van der Waals surface area contributed by atoms with Gasteiger partial charge in [0.05, 0.1) is 5.69 Å². The average Bonchev–Trinajstić information content (AvgIpc) is 2.22. The number of aliphatic imine (C=N–C) groups is 1. The van der Waals surface area contributed by atoms with Gasteiger partial charge in [0.15, 0.2) is 0 Å². The molecule has 0 atom stereocenters. The summed E-state index contributed by atoms with van der Waals surface area (Å²) in [7, 11) is 0. The lowest BCUT2D eigenvalue weighted by molar-refractivity contribution is -0.115. The van der Waals surface area contributed by atoms with Crippen LogP contribution in [0.2, 0.25) is 0 Å². The van der Waals surface area contributed by atoms with Gasteiger partial charge in [0.1, 0.15) is 0 Å². The van der Waals surface area contributed by atoms with Crippen LogP contribution in [0, 0.1) is 6.92 Å². The SMILES string of the molecule is CCC(=O)Nc1ccc(N=C=O)c(C)c1. The number of hydrogen-bond donors (Lipinski definition) is 1. The van der Waals surface area contributed by atoms with Gasteiger partial charge in [0.25, 0.3) is 0 Å². The topological polar surface area (TPSA) is 58.5 Å². The van der Waals surface area contributed by atoms with E-state index in [0.29, 0.717) is 17.8 Å². The van der Waals surface area contributed by atoms with Crippen molar-refractivity contribution in [3.05, 3.63) is 23.8 Å². The Kier molecular flexibility index (Phi) is 3.77. The molecule has 1 rings (SSSR count). The van der Waals surface area contributed by atoms with Crippen LogP contribution in [0.3, 0.4) is 0 Å². The molecule has 0 heterocycles. The highest BCUT2D eigenvalue weighted by atomic mass is 16.1. The second-order valence-corrected chi connectivity index (χ2v) is 3.11. The number of carbonyl (C=O) groups is 1. The van der Waals surface area contributed by atoms with Crippen molar-refractivity contribution in [1.82, 2.24) is 0 Å². The highest BCUT2D eigenvalue weighted by Gasteiger charge is 2.01. The molecule has 1 aromatic rings. The molecule has 0 bridgehead atoms. The van der Waals surface area contributed by atoms with Crippen molar-refractivity contribution in [1.29, 1.82) is 0 Å². The highest BCUT2D eigenvalue weighted by Crippen LogP contribution is 2.21. The lowest BCUT2D eigenvalue weighted by Gasteiger charge is -2.05. The smallest absolute Gasteiger partial charge is 0.240 e. The fourth-order valence-corrected chi connectivity index (χ4v) is 1.16. The number of isocyanates is 1. The van der Waals surface area contributed by atoms with Crippen molar-refractivity contribution in [2.24, 2.45) is 4.99 Å². The van der Waals surface area contributed by atoms with E-state index < -0.39 is 0 Å². The zero-order valence-corrected chi connectivity index (χ0v) is 8.70. The monoisotopic (exact) mass is 204 g/mol. The van der Waals surface area contributed by atoms with Gasteiger partial charge < -0.3 is 5.32 Å². The Bertz CT molecular complexity index is 421. The Morgan fingerprint density at radius 3 is 2.80 bits per heavy atom. The van der Waals surface area contributed by atoms with E-state index in [1.807, 2.05) is 6.92 Å². The molecule has 0 unspecified atom stereocenters. The van der Waals surface area contributed by atoms with E-state index in [1.165, 1.54) is 6.08 Å². The third-order valence-electron chi connectivity index (χ3n) is 1.97. The fourth-order valence-electron chi connectivity index (χ4n) is 1.16. The van der Waals surface area contributed by atoms with Crippen LogP contribution in [0.4, 0.5) is 11.4 Å². The summed E-state index contributed by atoms with van der Waals surface area (Å²) in [5, 5.41) is 2.72. The standard InChI is InChI=1S/C11H12N2O2/c1-3-11(15)13-9-4-5-10(12-7-14)8(2)6-9/h4-6H,3H2,1-2H3,(H,13,15). The molecule has 1 aromatic carbocycles. The molecular formula is C11H12N2O2. The van der Waals surface area contributed by atoms with Gasteiger partial charge >= 0.3 is 0 Å². The number of aryl methyl sites for hydroxylation is 1. The Morgan fingerprint density at radius 2 is 2.27 bits per heavy atom. The Morgan fingerprint density at radius 1 is 1.53 bits per heavy atom. The largest absolute Gasteiger partial charge is 0.326 e. The van der Waals surface area contributed by atoms with Crippen molar-refractivity contribution in [3.63, 3.8) is 0 Å². The molecule has 0 saturated carbocycles. The van der Waals surface area contributed by atoms with Gasteiger partial charge in [0, 0.05) is 12.1 Å². The third kappa shape index (κ3) is 3.04. The highest BCUT2D eigenvalue weighted by molar-refractivity contribution is 5.90. The minimum atomic E-state index is -0.0407. The van der Waals surface area contributed by atoms with E-state index in [0.717, 1.165) is 5.56 Å². The molecule has 0 aliphatic heterocycles. The molecule has 0 radical (unpaired) electrons. The molecular weight excluding hydrogens is 192 g/mol. The van der Waals surface area contributed by atoms with Crippen LogP contribution >= 0.6 is 0 Å². The van der Waals surface area contributed by atoms with E-state index >= 15 is 0 Å². The maximum absolute atomic E-state index is 11.1. The van der Waals surface area contributed by atoms with Crippen molar-refractivity contribution < 1.29 is 9.59 Å². The normalized spacial score (nSPS) is 9.20. The Labute approximate surface area is 88.0 Å². The Balaban J connectivity index is 2.91. The van der Waals surface area contributed by atoms with Crippen LogP contribution < -0.4 is 5.32 Å². The summed E-state index contributed by atoms with van der Waals surface area (Å²) in [4.78, 5) is 24.7. The molecule has 4 nitrogen and oxygen atoms in total. The average molecular weight is 204 g/mol. The fraction of sp³-hybridized carbons (Fsp3) is 0.273. The molecule has 78 valence electrons. The summed E-state index contributed by atoms with van der Waals surface area (Å²) >= 11 is 0. The van der Waals surface area contributed by atoms with Gasteiger partial charge in [-0.25, -0.2) is 4.79 Å². The second-order valence-electron chi connectivity index (χ2n) is 3.11. The van der Waals surface area contributed by atoms with Gasteiger partial charge in [0.2, 0.25) is 12.0 Å². The van der Waals surface area contributed by atoms with E-state index in [9.17, 15) is 9.59 Å². The number of carbonyl (C=O) groups excluding carboxylic acids is 2. The van der Waals surface area contributed by atoms with Crippen LogP contribution in [-0.2, 0) is 9.59 Å². The minimum absolute atomic E-state index is 0.0407. The zero-order valence-electron chi connectivity index (χ0n) is 8.70. The number of rotatable bonds is 3. The summed E-state index contributed by atoms with van der Waals surface area (Å²) in [6.07, 6.45) is 1.92. The van der Waals surface area contributed by atoms with Gasteiger partial charge in [-0.3, -0.25) is 4.79 Å². The minimum Gasteiger partial charge on any atom is -0.326 e. The summed E-state index contributed by atoms with van der Waals surface area (Å²) in [5.74, 6) is -0.0407.